The van der Waals surface area contributed by atoms with E-state index in [4.69, 9.17) is 0 Å². The van der Waals surface area contributed by atoms with Gasteiger partial charge in [0.15, 0.2) is 5.82 Å². The van der Waals surface area contributed by atoms with Gasteiger partial charge in [-0.25, -0.2) is 24.4 Å². The highest BCUT2D eigenvalue weighted by atomic mass is 16.2. The molecule has 2 N–H and O–H groups in total. The molecule has 1 aliphatic heterocycles. The first kappa shape index (κ1) is 19.8. The quantitative estimate of drug-likeness (QED) is 0.623. The second-order valence-corrected chi connectivity index (χ2v) is 7.18. The third-order valence-electron chi connectivity index (χ3n) is 5.03. The number of hydrogen-bond acceptors (Lipinski definition) is 7. The zero-order chi connectivity index (χ0) is 20.8. The smallest absolute Gasteiger partial charge is 0.315 e. The average Bonchev–Trinajstić information content (AvgIpc) is 3.32. The van der Waals surface area contributed by atoms with Crippen molar-refractivity contribution in [3.05, 3.63) is 60.4 Å². The molecule has 2 amide bonds. The molecule has 10 heteroatoms. The van der Waals surface area contributed by atoms with Crippen LogP contribution in [-0.2, 0) is 13.1 Å². The second kappa shape index (κ2) is 9.31. The number of pyridine rings is 2. The van der Waals surface area contributed by atoms with Gasteiger partial charge in [0, 0.05) is 57.2 Å². The number of anilines is 1. The molecule has 1 fully saturated rings. The molecule has 4 rings (SSSR count). The molecule has 1 saturated heterocycles. The SMILES string of the molecule is CN1CCN(c2cc(CNC(=O)NCc3cccnc3-n3cncn3)ccn2)CC1. The molecule has 0 spiro atoms. The Balaban J connectivity index is 1.30. The number of likely N-dealkylation sites (N-methyl/N-ethyl adjacent to an activating group) is 1. The van der Waals surface area contributed by atoms with Gasteiger partial charge in [-0.15, -0.1) is 0 Å². The normalized spacial score (nSPS) is 14.5. The van der Waals surface area contributed by atoms with Crippen molar-refractivity contribution in [3.8, 4) is 5.82 Å². The standard InChI is InChI=1S/C20H25N9O/c1-27-7-9-28(10-8-27)18-11-16(4-6-22-18)12-24-20(30)25-13-17-3-2-5-23-19(17)29-15-21-14-26-29/h2-6,11,14-15H,7-10,12-13H2,1H3,(H2,24,25,30). The third-order valence-corrected chi connectivity index (χ3v) is 5.03. The van der Waals surface area contributed by atoms with Crippen molar-refractivity contribution in [2.75, 3.05) is 38.1 Å². The van der Waals surface area contributed by atoms with E-state index in [9.17, 15) is 4.79 Å². The Morgan fingerprint density at radius 3 is 2.70 bits per heavy atom. The molecule has 1 aliphatic rings. The number of piperazine rings is 1. The fourth-order valence-electron chi connectivity index (χ4n) is 3.29. The van der Waals surface area contributed by atoms with Crippen LogP contribution in [0.1, 0.15) is 11.1 Å². The first-order valence-electron chi connectivity index (χ1n) is 9.88. The lowest BCUT2D eigenvalue weighted by Crippen LogP contribution is -2.44. The highest BCUT2D eigenvalue weighted by Gasteiger charge is 2.15. The summed E-state index contributed by atoms with van der Waals surface area (Å²) in [6, 6.07) is 7.43. The predicted octanol–water partition coefficient (Wildman–Crippen LogP) is 0.808. The number of nitrogens with one attached hydrogen (secondary N) is 2. The molecule has 3 aromatic rings. The molecule has 30 heavy (non-hydrogen) atoms. The summed E-state index contributed by atoms with van der Waals surface area (Å²) in [7, 11) is 2.13. The number of carbonyl (C=O) groups excluding carboxylic acids is 1. The van der Waals surface area contributed by atoms with Crippen molar-refractivity contribution in [1.29, 1.82) is 0 Å². The fraction of sp³-hybridized carbons (Fsp3) is 0.350. The average molecular weight is 407 g/mol. The van der Waals surface area contributed by atoms with E-state index in [2.05, 4.69) is 47.5 Å². The summed E-state index contributed by atoms with van der Waals surface area (Å²) < 4.78 is 1.58. The zero-order valence-electron chi connectivity index (χ0n) is 16.9. The van der Waals surface area contributed by atoms with Crippen LogP contribution in [0.15, 0.2) is 49.3 Å². The minimum Gasteiger partial charge on any atom is -0.354 e. The van der Waals surface area contributed by atoms with Gasteiger partial charge in [0.1, 0.15) is 18.5 Å². The van der Waals surface area contributed by atoms with E-state index in [0.717, 1.165) is 43.1 Å². The molecule has 0 unspecified atom stereocenters. The summed E-state index contributed by atoms with van der Waals surface area (Å²) in [5.41, 5.74) is 1.86. The maximum Gasteiger partial charge on any atom is 0.315 e. The van der Waals surface area contributed by atoms with Crippen LogP contribution >= 0.6 is 0 Å². The Labute approximate surface area is 175 Å². The van der Waals surface area contributed by atoms with Crippen LogP contribution in [0.5, 0.6) is 0 Å². The second-order valence-electron chi connectivity index (χ2n) is 7.18. The zero-order valence-corrected chi connectivity index (χ0v) is 16.9. The molecule has 0 radical (unpaired) electrons. The molecule has 0 bridgehead atoms. The first-order valence-corrected chi connectivity index (χ1v) is 9.88. The van der Waals surface area contributed by atoms with Gasteiger partial charge in [-0.2, -0.15) is 5.10 Å². The molecule has 4 heterocycles. The van der Waals surface area contributed by atoms with E-state index in [1.165, 1.54) is 6.33 Å². The van der Waals surface area contributed by atoms with E-state index < -0.39 is 0 Å². The summed E-state index contributed by atoms with van der Waals surface area (Å²) in [5.74, 6) is 1.59. The minimum atomic E-state index is -0.249. The highest BCUT2D eigenvalue weighted by molar-refractivity contribution is 5.74. The van der Waals surface area contributed by atoms with Crippen LogP contribution in [0.4, 0.5) is 10.6 Å². The number of urea groups is 1. The van der Waals surface area contributed by atoms with E-state index in [1.807, 2.05) is 24.3 Å². The molecular weight excluding hydrogens is 382 g/mol. The van der Waals surface area contributed by atoms with Gasteiger partial charge in [0.25, 0.3) is 0 Å². The maximum absolute atomic E-state index is 12.3. The Morgan fingerprint density at radius 2 is 1.90 bits per heavy atom. The van der Waals surface area contributed by atoms with Gasteiger partial charge in [-0.05, 0) is 30.8 Å². The van der Waals surface area contributed by atoms with E-state index in [1.54, 1.807) is 23.4 Å². The van der Waals surface area contributed by atoms with Gasteiger partial charge in [-0.1, -0.05) is 6.07 Å². The van der Waals surface area contributed by atoms with Crippen LogP contribution in [0.25, 0.3) is 5.82 Å². The van der Waals surface area contributed by atoms with Gasteiger partial charge in [-0.3, -0.25) is 0 Å². The van der Waals surface area contributed by atoms with Crippen molar-refractivity contribution in [2.45, 2.75) is 13.1 Å². The van der Waals surface area contributed by atoms with Crippen LogP contribution in [0, 0.1) is 0 Å². The van der Waals surface area contributed by atoms with E-state index in [-0.39, 0.29) is 6.03 Å². The van der Waals surface area contributed by atoms with Crippen molar-refractivity contribution in [2.24, 2.45) is 0 Å². The highest BCUT2D eigenvalue weighted by Crippen LogP contribution is 2.15. The van der Waals surface area contributed by atoms with Gasteiger partial charge >= 0.3 is 6.03 Å². The van der Waals surface area contributed by atoms with Crippen molar-refractivity contribution < 1.29 is 4.79 Å². The van der Waals surface area contributed by atoms with Gasteiger partial charge in [0.05, 0.1) is 0 Å². The van der Waals surface area contributed by atoms with Crippen LogP contribution in [0.2, 0.25) is 0 Å². The lowest BCUT2D eigenvalue weighted by Gasteiger charge is -2.33. The number of carbonyl (C=O) groups is 1. The van der Waals surface area contributed by atoms with Crippen molar-refractivity contribution >= 4 is 11.8 Å². The molecule has 0 atom stereocenters. The van der Waals surface area contributed by atoms with E-state index >= 15 is 0 Å². The Kier molecular flexibility index (Phi) is 6.14. The van der Waals surface area contributed by atoms with Crippen LogP contribution in [-0.4, -0.2) is 68.9 Å². The monoisotopic (exact) mass is 407 g/mol. The van der Waals surface area contributed by atoms with Crippen LogP contribution < -0.4 is 15.5 Å². The molecular formula is C20H25N9O. The van der Waals surface area contributed by atoms with Gasteiger partial charge < -0.3 is 20.4 Å². The number of aromatic nitrogens is 5. The maximum atomic E-state index is 12.3. The summed E-state index contributed by atoms with van der Waals surface area (Å²) in [6.45, 7) is 4.73. The van der Waals surface area contributed by atoms with Crippen molar-refractivity contribution in [3.63, 3.8) is 0 Å². The number of amides is 2. The minimum absolute atomic E-state index is 0.249. The largest absolute Gasteiger partial charge is 0.354 e. The molecule has 0 aliphatic carbocycles. The summed E-state index contributed by atoms with van der Waals surface area (Å²) in [5, 5.41) is 9.88. The Morgan fingerprint density at radius 1 is 1.07 bits per heavy atom. The van der Waals surface area contributed by atoms with E-state index in [0.29, 0.717) is 18.9 Å². The molecule has 0 aromatic carbocycles. The lowest BCUT2D eigenvalue weighted by atomic mass is 10.2. The predicted molar refractivity (Wildman–Crippen MR) is 112 cm³/mol. The summed E-state index contributed by atoms with van der Waals surface area (Å²) >= 11 is 0. The fourth-order valence-corrected chi connectivity index (χ4v) is 3.29. The Hall–Kier alpha value is -3.53. The molecule has 156 valence electrons. The molecule has 0 saturated carbocycles. The number of nitrogens with zero attached hydrogens (tertiary/aromatic N) is 7. The van der Waals surface area contributed by atoms with Crippen molar-refractivity contribution in [1.82, 2.24) is 40.3 Å². The van der Waals surface area contributed by atoms with Gasteiger partial charge in [0.2, 0.25) is 0 Å². The number of rotatable bonds is 6. The number of hydrogen-bond donors (Lipinski definition) is 2. The Bertz CT molecular complexity index is 968. The summed E-state index contributed by atoms with van der Waals surface area (Å²) in [4.78, 5) is 29.6. The summed E-state index contributed by atoms with van der Waals surface area (Å²) in [6.07, 6.45) is 6.50. The topological polar surface area (TPSA) is 104 Å². The third kappa shape index (κ3) is 4.90. The first-order chi connectivity index (χ1) is 14.7. The lowest BCUT2D eigenvalue weighted by molar-refractivity contribution is 0.240. The van der Waals surface area contributed by atoms with Crippen LogP contribution in [0.3, 0.4) is 0 Å². The molecule has 10 nitrogen and oxygen atoms in total. The molecule has 3 aromatic heterocycles.